The number of esters is 1. The first-order chi connectivity index (χ1) is 10.6. The van der Waals surface area contributed by atoms with Crippen LogP contribution in [-0.2, 0) is 18.1 Å². The first-order valence-electron chi connectivity index (χ1n) is 8.31. The first-order valence-corrected chi connectivity index (χ1v) is 8.96. The van der Waals surface area contributed by atoms with Gasteiger partial charge in [0.1, 0.15) is 16.3 Å². The van der Waals surface area contributed by atoms with Crippen LogP contribution in [0.15, 0.2) is 12.2 Å². The van der Waals surface area contributed by atoms with Crippen molar-refractivity contribution in [3.05, 3.63) is 12.2 Å². The van der Waals surface area contributed by atoms with Gasteiger partial charge in [0.15, 0.2) is 6.29 Å². The van der Waals surface area contributed by atoms with Crippen molar-refractivity contribution in [3.63, 3.8) is 0 Å². The van der Waals surface area contributed by atoms with Gasteiger partial charge in [0.25, 0.3) is 0 Å². The van der Waals surface area contributed by atoms with E-state index in [1.54, 1.807) is 0 Å². The van der Waals surface area contributed by atoms with Crippen LogP contribution in [-0.4, -0.2) is 25.0 Å². The van der Waals surface area contributed by atoms with E-state index in [1.807, 2.05) is 13.8 Å². The molecule has 0 aliphatic carbocycles. The Bertz CT molecular complexity index is 346. The molecule has 128 valence electrons. The molecular formula is C17H29BrO4. The summed E-state index contributed by atoms with van der Waals surface area (Å²) in [6, 6.07) is 0. The second kappa shape index (κ2) is 11.2. The zero-order chi connectivity index (χ0) is 16.4. The molecule has 0 saturated carbocycles. The zero-order valence-electron chi connectivity index (χ0n) is 13.9. The average molecular weight is 377 g/mol. The predicted octanol–water partition coefficient (Wildman–Crippen LogP) is 4.77. The van der Waals surface area contributed by atoms with Gasteiger partial charge in [-0.3, -0.25) is 8.62 Å². The van der Waals surface area contributed by atoms with Gasteiger partial charge in [-0.1, -0.05) is 19.1 Å². The Kier molecular flexibility index (Phi) is 10.0. The quantitative estimate of drug-likeness (QED) is 0.429. The lowest BCUT2D eigenvalue weighted by Gasteiger charge is -2.37. The van der Waals surface area contributed by atoms with Crippen molar-refractivity contribution >= 4 is 22.2 Å². The van der Waals surface area contributed by atoms with E-state index in [2.05, 4.69) is 35.3 Å². The molecule has 0 aromatic rings. The summed E-state index contributed by atoms with van der Waals surface area (Å²) in [5.41, 5.74) is 0. The molecule has 5 heteroatoms. The van der Waals surface area contributed by atoms with Crippen molar-refractivity contribution in [1.29, 1.82) is 0 Å². The second-order valence-electron chi connectivity index (χ2n) is 5.92. The SMILES string of the molecule is CC=CCCC(C)C1CCC(CCC(=O)OCC)OC1OBr. The van der Waals surface area contributed by atoms with Crippen LogP contribution in [0.25, 0.3) is 0 Å². The number of rotatable bonds is 9. The van der Waals surface area contributed by atoms with Gasteiger partial charge in [-0.2, -0.15) is 0 Å². The second-order valence-corrected chi connectivity index (χ2v) is 6.30. The summed E-state index contributed by atoms with van der Waals surface area (Å²) in [6.07, 6.45) is 9.52. The summed E-state index contributed by atoms with van der Waals surface area (Å²) in [6.45, 7) is 6.56. The van der Waals surface area contributed by atoms with Crippen molar-refractivity contribution in [3.8, 4) is 0 Å². The molecule has 0 N–H and O–H groups in total. The summed E-state index contributed by atoms with van der Waals surface area (Å²) in [5, 5.41) is 0. The molecule has 0 aromatic heterocycles. The lowest BCUT2D eigenvalue weighted by atomic mass is 9.83. The Hall–Kier alpha value is -0.390. The standard InChI is InChI=1S/C17H29BrO4/c1-4-6-7-8-13(3)15-11-9-14(21-17(15)22-18)10-12-16(19)20-5-2/h4,6,13-15,17H,5,7-12H2,1-3H3. The molecule has 1 heterocycles. The molecule has 0 bridgehead atoms. The molecule has 1 rings (SSSR count). The monoisotopic (exact) mass is 376 g/mol. The summed E-state index contributed by atoms with van der Waals surface area (Å²) in [5.74, 6) is 0.789. The Labute approximate surface area is 143 Å². The van der Waals surface area contributed by atoms with Gasteiger partial charge >= 0.3 is 5.97 Å². The van der Waals surface area contributed by atoms with E-state index in [9.17, 15) is 4.79 Å². The summed E-state index contributed by atoms with van der Waals surface area (Å²) < 4.78 is 16.3. The highest BCUT2D eigenvalue weighted by atomic mass is 79.9. The van der Waals surface area contributed by atoms with Crippen molar-refractivity contribution < 1.29 is 18.1 Å². The van der Waals surface area contributed by atoms with E-state index in [1.165, 1.54) is 0 Å². The first kappa shape index (κ1) is 19.7. The predicted molar refractivity (Wildman–Crippen MR) is 90.5 cm³/mol. The van der Waals surface area contributed by atoms with Crippen LogP contribution in [0.5, 0.6) is 0 Å². The summed E-state index contributed by atoms with van der Waals surface area (Å²) in [4.78, 5) is 11.4. The highest BCUT2D eigenvalue weighted by molar-refractivity contribution is 9.06. The van der Waals surface area contributed by atoms with E-state index in [0.717, 1.165) is 25.7 Å². The van der Waals surface area contributed by atoms with Gasteiger partial charge in [0.2, 0.25) is 0 Å². The fourth-order valence-corrected chi connectivity index (χ4v) is 3.34. The minimum absolute atomic E-state index is 0.0749. The smallest absolute Gasteiger partial charge is 0.305 e. The largest absolute Gasteiger partial charge is 0.466 e. The van der Waals surface area contributed by atoms with E-state index < -0.39 is 0 Å². The van der Waals surface area contributed by atoms with E-state index >= 15 is 0 Å². The molecule has 1 saturated heterocycles. The number of halogens is 1. The molecular weight excluding hydrogens is 348 g/mol. The van der Waals surface area contributed by atoms with E-state index in [4.69, 9.17) is 13.3 Å². The van der Waals surface area contributed by atoms with Crippen molar-refractivity contribution in [2.75, 3.05) is 6.61 Å². The fraction of sp³-hybridized carbons (Fsp3) is 0.824. The molecule has 1 fully saturated rings. The maximum atomic E-state index is 11.4. The van der Waals surface area contributed by atoms with Crippen LogP contribution >= 0.6 is 16.3 Å². The Morgan fingerprint density at radius 3 is 2.86 bits per heavy atom. The van der Waals surface area contributed by atoms with Crippen LogP contribution in [0, 0.1) is 11.8 Å². The molecule has 4 nitrogen and oxygen atoms in total. The van der Waals surface area contributed by atoms with Gasteiger partial charge in [0, 0.05) is 12.3 Å². The van der Waals surface area contributed by atoms with Crippen LogP contribution in [0.4, 0.5) is 0 Å². The molecule has 22 heavy (non-hydrogen) atoms. The normalized spacial score (nSPS) is 27.0. The third-order valence-corrected chi connectivity index (χ3v) is 4.69. The lowest BCUT2D eigenvalue weighted by molar-refractivity contribution is -0.182. The Morgan fingerprint density at radius 2 is 2.23 bits per heavy atom. The molecule has 4 unspecified atom stereocenters. The summed E-state index contributed by atoms with van der Waals surface area (Å²) >= 11 is 3.10. The van der Waals surface area contributed by atoms with Crippen LogP contribution in [0.3, 0.4) is 0 Å². The molecule has 0 amide bonds. The highest BCUT2D eigenvalue weighted by Gasteiger charge is 2.35. The third-order valence-electron chi connectivity index (χ3n) is 4.32. The minimum Gasteiger partial charge on any atom is -0.466 e. The van der Waals surface area contributed by atoms with Crippen LogP contribution < -0.4 is 0 Å². The average Bonchev–Trinajstić information content (AvgIpc) is 2.53. The number of carbonyl (C=O) groups is 1. The van der Waals surface area contributed by atoms with Gasteiger partial charge < -0.3 is 9.47 Å². The van der Waals surface area contributed by atoms with Gasteiger partial charge in [-0.15, -0.1) is 0 Å². The Morgan fingerprint density at radius 1 is 1.45 bits per heavy atom. The van der Waals surface area contributed by atoms with Crippen LogP contribution in [0.1, 0.15) is 59.3 Å². The van der Waals surface area contributed by atoms with Crippen molar-refractivity contribution in [2.45, 2.75) is 71.7 Å². The highest BCUT2D eigenvalue weighted by Crippen LogP contribution is 2.35. The topological polar surface area (TPSA) is 44.8 Å². The minimum atomic E-state index is -0.235. The fourth-order valence-electron chi connectivity index (χ4n) is 2.98. The van der Waals surface area contributed by atoms with Gasteiger partial charge in [0.05, 0.1) is 12.7 Å². The number of carbonyl (C=O) groups excluding carboxylic acids is 1. The van der Waals surface area contributed by atoms with Crippen molar-refractivity contribution in [1.82, 2.24) is 0 Å². The molecule has 1 aliphatic heterocycles. The molecule has 0 spiro atoms. The number of hydrogen-bond acceptors (Lipinski definition) is 4. The maximum Gasteiger partial charge on any atom is 0.305 e. The summed E-state index contributed by atoms with van der Waals surface area (Å²) in [7, 11) is 0. The molecule has 1 aliphatic rings. The molecule has 0 aromatic carbocycles. The number of ether oxygens (including phenoxy) is 2. The Balaban J connectivity index is 2.40. The maximum absolute atomic E-state index is 11.4. The lowest BCUT2D eigenvalue weighted by Crippen LogP contribution is -2.38. The number of allylic oxidation sites excluding steroid dienone is 2. The van der Waals surface area contributed by atoms with Gasteiger partial charge in [-0.05, 0) is 51.9 Å². The zero-order valence-corrected chi connectivity index (χ0v) is 15.5. The third kappa shape index (κ3) is 6.80. The van der Waals surface area contributed by atoms with E-state index in [0.29, 0.717) is 31.3 Å². The van der Waals surface area contributed by atoms with Gasteiger partial charge in [-0.25, -0.2) is 0 Å². The van der Waals surface area contributed by atoms with Crippen molar-refractivity contribution in [2.24, 2.45) is 11.8 Å². The van der Waals surface area contributed by atoms with E-state index in [-0.39, 0.29) is 18.4 Å². The molecule has 4 atom stereocenters. The number of hydrogen-bond donors (Lipinski definition) is 0. The van der Waals surface area contributed by atoms with Crippen LogP contribution in [0.2, 0.25) is 0 Å². The molecule has 0 radical (unpaired) electrons.